The molecule has 1 aliphatic heterocycles. The molecule has 0 aliphatic carbocycles. The fourth-order valence-corrected chi connectivity index (χ4v) is 1.53. The van der Waals surface area contributed by atoms with Gasteiger partial charge in [-0.3, -0.25) is 0 Å². The number of nitriles is 1. The number of carbonyl (C=O) groups excluding carboxylic acids is 1. The number of carbonyl (C=O) groups is 2. The van der Waals surface area contributed by atoms with Crippen molar-refractivity contribution in [3.63, 3.8) is 0 Å². The molecule has 1 aromatic rings. The van der Waals surface area contributed by atoms with E-state index in [1.807, 2.05) is 6.07 Å². The summed E-state index contributed by atoms with van der Waals surface area (Å²) in [6, 6.07) is 6.25. The Morgan fingerprint density at radius 2 is 2.27 bits per heavy atom. The molecule has 2 rings (SSSR count). The van der Waals surface area contributed by atoms with Crippen LogP contribution in [0.4, 0.5) is 0 Å². The number of nitrogens with zero attached hydrogens (tertiary/aromatic N) is 1. The van der Waals surface area contributed by atoms with Gasteiger partial charge in [-0.05, 0) is 12.1 Å². The van der Waals surface area contributed by atoms with Crippen LogP contribution in [0.25, 0.3) is 0 Å². The molecule has 0 saturated heterocycles. The Hall–Kier alpha value is -2.35. The van der Waals surface area contributed by atoms with Crippen molar-refractivity contribution in [2.45, 2.75) is 6.10 Å². The Balaban J connectivity index is 2.67. The van der Waals surface area contributed by atoms with E-state index in [1.54, 1.807) is 0 Å². The molecule has 0 spiro atoms. The predicted molar refractivity (Wildman–Crippen MR) is 46.9 cm³/mol. The molecular weight excluding hydrogens is 198 g/mol. The Bertz CT molecular complexity index is 501. The SMILES string of the molecule is N#Cc1cccc2c1C(C(=O)O)OC2=O. The monoisotopic (exact) mass is 203 g/mol. The van der Waals surface area contributed by atoms with Crippen molar-refractivity contribution in [1.82, 2.24) is 0 Å². The van der Waals surface area contributed by atoms with E-state index in [4.69, 9.17) is 10.4 Å². The van der Waals surface area contributed by atoms with E-state index < -0.39 is 18.0 Å². The predicted octanol–water partition coefficient (Wildman–Crippen LogP) is 0.854. The third-order valence-electron chi connectivity index (χ3n) is 2.16. The largest absolute Gasteiger partial charge is 0.478 e. The van der Waals surface area contributed by atoms with Gasteiger partial charge in [-0.1, -0.05) is 6.07 Å². The highest BCUT2D eigenvalue weighted by Gasteiger charge is 2.38. The van der Waals surface area contributed by atoms with Crippen molar-refractivity contribution in [3.05, 3.63) is 34.9 Å². The number of carboxylic acids is 1. The van der Waals surface area contributed by atoms with Gasteiger partial charge in [0.15, 0.2) is 0 Å². The topological polar surface area (TPSA) is 87.4 Å². The normalized spacial score (nSPS) is 17.8. The quantitative estimate of drug-likeness (QED) is 0.683. The first-order valence-electron chi connectivity index (χ1n) is 4.12. The molecule has 15 heavy (non-hydrogen) atoms. The Labute approximate surface area is 84.5 Å². The average Bonchev–Trinajstić information content (AvgIpc) is 2.56. The molecule has 1 N–H and O–H groups in total. The van der Waals surface area contributed by atoms with E-state index in [9.17, 15) is 9.59 Å². The van der Waals surface area contributed by atoms with Crippen LogP contribution in [0.1, 0.15) is 27.6 Å². The van der Waals surface area contributed by atoms with Crippen molar-refractivity contribution in [2.24, 2.45) is 0 Å². The summed E-state index contributed by atoms with van der Waals surface area (Å²) in [7, 11) is 0. The number of fused-ring (bicyclic) bond motifs is 1. The van der Waals surface area contributed by atoms with E-state index in [0.717, 1.165) is 0 Å². The number of hydrogen-bond acceptors (Lipinski definition) is 4. The highest BCUT2D eigenvalue weighted by Crippen LogP contribution is 2.33. The van der Waals surface area contributed by atoms with Crippen LogP contribution >= 0.6 is 0 Å². The lowest BCUT2D eigenvalue weighted by atomic mass is 9.99. The first-order chi connectivity index (χ1) is 7.15. The van der Waals surface area contributed by atoms with Crippen molar-refractivity contribution in [2.75, 3.05) is 0 Å². The van der Waals surface area contributed by atoms with Crippen molar-refractivity contribution in [1.29, 1.82) is 5.26 Å². The third kappa shape index (κ3) is 1.23. The van der Waals surface area contributed by atoms with Crippen LogP contribution in [0.5, 0.6) is 0 Å². The van der Waals surface area contributed by atoms with Gasteiger partial charge in [0.05, 0.1) is 17.2 Å². The molecule has 5 nitrogen and oxygen atoms in total. The fourth-order valence-electron chi connectivity index (χ4n) is 1.53. The summed E-state index contributed by atoms with van der Waals surface area (Å²) >= 11 is 0. The Morgan fingerprint density at radius 3 is 2.87 bits per heavy atom. The zero-order valence-corrected chi connectivity index (χ0v) is 7.43. The number of benzene rings is 1. The minimum atomic E-state index is -1.36. The van der Waals surface area contributed by atoms with Crippen LogP contribution in [0.3, 0.4) is 0 Å². The number of rotatable bonds is 1. The summed E-state index contributed by atoms with van der Waals surface area (Å²) in [5.74, 6) is -1.97. The number of esters is 1. The highest BCUT2D eigenvalue weighted by atomic mass is 16.6. The maximum atomic E-state index is 11.3. The van der Waals surface area contributed by atoms with Crippen LogP contribution in [0, 0.1) is 11.3 Å². The van der Waals surface area contributed by atoms with Crippen molar-refractivity contribution < 1.29 is 19.4 Å². The molecule has 5 heteroatoms. The summed E-state index contributed by atoms with van der Waals surface area (Å²) < 4.78 is 4.65. The van der Waals surface area contributed by atoms with Gasteiger partial charge >= 0.3 is 11.9 Å². The van der Waals surface area contributed by atoms with Crippen LogP contribution in [-0.4, -0.2) is 17.0 Å². The number of hydrogen-bond donors (Lipinski definition) is 1. The summed E-state index contributed by atoms with van der Waals surface area (Å²) in [5, 5.41) is 17.6. The van der Waals surface area contributed by atoms with E-state index in [0.29, 0.717) is 0 Å². The van der Waals surface area contributed by atoms with E-state index in [-0.39, 0.29) is 16.7 Å². The number of ether oxygens (including phenoxy) is 1. The smallest absolute Gasteiger partial charge is 0.349 e. The zero-order valence-electron chi connectivity index (χ0n) is 7.43. The van der Waals surface area contributed by atoms with Gasteiger partial charge in [0.2, 0.25) is 6.10 Å². The maximum Gasteiger partial charge on any atom is 0.349 e. The molecule has 0 radical (unpaired) electrons. The summed E-state index contributed by atoms with van der Waals surface area (Å²) in [6.07, 6.45) is -1.36. The molecule has 0 amide bonds. The van der Waals surface area contributed by atoms with Gasteiger partial charge in [-0.25, -0.2) is 9.59 Å². The van der Waals surface area contributed by atoms with E-state index in [1.165, 1.54) is 18.2 Å². The highest BCUT2D eigenvalue weighted by molar-refractivity contribution is 5.99. The Morgan fingerprint density at radius 1 is 1.53 bits per heavy atom. The lowest BCUT2D eigenvalue weighted by molar-refractivity contribution is -0.146. The average molecular weight is 203 g/mol. The van der Waals surface area contributed by atoms with Crippen LogP contribution in [0.2, 0.25) is 0 Å². The summed E-state index contributed by atoms with van der Waals surface area (Å²) in [5.41, 5.74) is 0.463. The second-order valence-electron chi connectivity index (χ2n) is 3.00. The van der Waals surface area contributed by atoms with Crippen LogP contribution in [0.15, 0.2) is 18.2 Å². The molecule has 0 bridgehead atoms. The van der Waals surface area contributed by atoms with Crippen LogP contribution in [-0.2, 0) is 9.53 Å². The van der Waals surface area contributed by atoms with E-state index >= 15 is 0 Å². The van der Waals surface area contributed by atoms with Gasteiger partial charge in [0.1, 0.15) is 0 Å². The van der Waals surface area contributed by atoms with Gasteiger partial charge in [-0.2, -0.15) is 5.26 Å². The molecule has 1 atom stereocenters. The first-order valence-corrected chi connectivity index (χ1v) is 4.12. The second-order valence-corrected chi connectivity index (χ2v) is 3.00. The summed E-state index contributed by atoms with van der Waals surface area (Å²) in [6.45, 7) is 0. The zero-order chi connectivity index (χ0) is 11.0. The lowest BCUT2D eigenvalue weighted by Crippen LogP contribution is -2.11. The van der Waals surface area contributed by atoms with Crippen molar-refractivity contribution in [3.8, 4) is 6.07 Å². The van der Waals surface area contributed by atoms with E-state index in [2.05, 4.69) is 4.74 Å². The molecule has 0 saturated carbocycles. The molecule has 74 valence electrons. The van der Waals surface area contributed by atoms with Gasteiger partial charge < -0.3 is 9.84 Å². The van der Waals surface area contributed by atoms with Crippen LogP contribution < -0.4 is 0 Å². The number of carboxylic acid groups (broad SMARTS) is 1. The van der Waals surface area contributed by atoms with Gasteiger partial charge in [-0.15, -0.1) is 0 Å². The summed E-state index contributed by atoms with van der Waals surface area (Å²) in [4.78, 5) is 22.0. The fraction of sp³-hybridized carbons (Fsp3) is 0.100. The molecular formula is C10H5NO4. The molecule has 0 fully saturated rings. The van der Waals surface area contributed by atoms with Gasteiger partial charge in [0.25, 0.3) is 0 Å². The van der Waals surface area contributed by atoms with Crippen molar-refractivity contribution >= 4 is 11.9 Å². The molecule has 1 aromatic carbocycles. The minimum absolute atomic E-state index is 0.150. The first kappa shape index (κ1) is 9.21. The number of cyclic esters (lactones) is 1. The third-order valence-corrected chi connectivity index (χ3v) is 2.16. The molecule has 0 aromatic heterocycles. The molecule has 1 aliphatic rings. The standard InChI is InChI=1S/C10H5NO4/c11-4-5-2-1-3-6-7(5)8(9(12)13)15-10(6)14/h1-3,8H,(H,12,13). The Kier molecular flexibility index (Phi) is 1.90. The van der Waals surface area contributed by atoms with Gasteiger partial charge in [0, 0.05) is 5.56 Å². The number of aliphatic carboxylic acids is 1. The molecule has 1 unspecified atom stereocenters. The second kappa shape index (κ2) is 3.10. The molecule has 1 heterocycles. The lowest BCUT2D eigenvalue weighted by Gasteiger charge is -2.04. The minimum Gasteiger partial charge on any atom is -0.478 e. The maximum absolute atomic E-state index is 11.3.